The van der Waals surface area contributed by atoms with Crippen LogP contribution in [0.4, 0.5) is 0 Å². The molecule has 0 unspecified atom stereocenters. The number of rotatable bonds is 4. The van der Waals surface area contributed by atoms with Crippen LogP contribution in [0.5, 0.6) is 0 Å². The normalized spacial score (nSPS) is 11.7. The zero-order chi connectivity index (χ0) is 11.5. The molecule has 0 saturated heterocycles. The maximum absolute atomic E-state index is 11.8. The molecule has 1 aromatic carbocycles. The van der Waals surface area contributed by atoms with E-state index >= 15 is 0 Å². The molecule has 4 heteroatoms. The summed E-state index contributed by atoms with van der Waals surface area (Å²) in [5.74, 6) is 0.131. The van der Waals surface area contributed by atoms with Crippen molar-refractivity contribution in [1.82, 2.24) is 0 Å². The van der Waals surface area contributed by atoms with Gasteiger partial charge in [-0.1, -0.05) is 6.07 Å². The topological polar surface area (TPSA) is 60.2 Å². The van der Waals surface area contributed by atoms with E-state index in [1.165, 1.54) is 0 Å². The number of nitrogens with two attached hydrogens (primary N) is 1. The zero-order valence-corrected chi connectivity index (χ0v) is 9.97. The molecule has 2 N–H and O–H groups in total. The van der Waals surface area contributed by atoms with Crippen LogP contribution in [0.25, 0.3) is 0 Å². The summed E-state index contributed by atoms with van der Waals surface area (Å²) in [6.45, 7) is 4.20. The Hall–Kier alpha value is -0.870. The number of benzene rings is 1. The first-order valence-corrected chi connectivity index (χ1v) is 6.62. The van der Waals surface area contributed by atoms with Gasteiger partial charge in [-0.3, -0.25) is 0 Å². The van der Waals surface area contributed by atoms with E-state index in [0.717, 1.165) is 11.1 Å². The second kappa shape index (κ2) is 4.77. The molecule has 0 aliphatic heterocycles. The van der Waals surface area contributed by atoms with Gasteiger partial charge in [0.15, 0.2) is 9.84 Å². The van der Waals surface area contributed by atoms with Crippen molar-refractivity contribution in [2.75, 3.05) is 12.3 Å². The molecule has 0 radical (unpaired) electrons. The Labute approximate surface area is 91.2 Å². The Morgan fingerprint density at radius 3 is 2.13 bits per heavy atom. The minimum Gasteiger partial charge on any atom is -0.330 e. The van der Waals surface area contributed by atoms with Gasteiger partial charge in [-0.15, -0.1) is 0 Å². The van der Waals surface area contributed by atoms with Gasteiger partial charge in [0.1, 0.15) is 0 Å². The van der Waals surface area contributed by atoms with Gasteiger partial charge in [-0.2, -0.15) is 0 Å². The van der Waals surface area contributed by atoms with E-state index in [9.17, 15) is 8.42 Å². The van der Waals surface area contributed by atoms with Gasteiger partial charge < -0.3 is 5.73 Å². The number of hydrogen-bond acceptors (Lipinski definition) is 3. The molecule has 0 aliphatic rings. The highest BCUT2D eigenvalue weighted by Gasteiger charge is 2.13. The van der Waals surface area contributed by atoms with Crippen LogP contribution in [-0.4, -0.2) is 20.7 Å². The Kier molecular flexibility index (Phi) is 3.88. The third-order valence-electron chi connectivity index (χ3n) is 2.17. The minimum absolute atomic E-state index is 0.131. The van der Waals surface area contributed by atoms with Crippen LogP contribution in [-0.2, 0) is 9.84 Å². The van der Waals surface area contributed by atoms with Crippen molar-refractivity contribution in [3.63, 3.8) is 0 Å². The van der Waals surface area contributed by atoms with E-state index in [4.69, 9.17) is 5.73 Å². The maximum atomic E-state index is 11.8. The summed E-state index contributed by atoms with van der Waals surface area (Å²) in [6, 6.07) is 5.37. The Morgan fingerprint density at radius 2 is 1.67 bits per heavy atom. The number of hydrogen-bond donors (Lipinski definition) is 1. The van der Waals surface area contributed by atoms with Gasteiger partial charge >= 0.3 is 0 Å². The molecule has 84 valence electrons. The van der Waals surface area contributed by atoms with Crippen molar-refractivity contribution in [2.45, 2.75) is 25.2 Å². The van der Waals surface area contributed by atoms with Crippen molar-refractivity contribution in [1.29, 1.82) is 0 Å². The first-order valence-electron chi connectivity index (χ1n) is 4.97. The van der Waals surface area contributed by atoms with Crippen molar-refractivity contribution < 1.29 is 8.42 Å². The number of sulfone groups is 1. The molecule has 0 aromatic heterocycles. The fourth-order valence-corrected chi connectivity index (χ4v) is 3.02. The molecule has 1 aromatic rings. The van der Waals surface area contributed by atoms with Crippen molar-refractivity contribution in [3.8, 4) is 0 Å². The van der Waals surface area contributed by atoms with Crippen molar-refractivity contribution in [3.05, 3.63) is 29.3 Å². The standard InChI is InChI=1S/C11H17NO2S/c1-9-6-10(2)8-11(7-9)15(13,14)5-3-4-12/h6-8H,3-5,12H2,1-2H3. The molecular formula is C11H17NO2S. The predicted octanol–water partition coefficient (Wildman–Crippen LogP) is 1.43. The van der Waals surface area contributed by atoms with E-state index in [1.54, 1.807) is 12.1 Å². The number of aryl methyl sites for hydroxylation is 2. The summed E-state index contributed by atoms with van der Waals surface area (Å²) in [5, 5.41) is 0. The summed E-state index contributed by atoms with van der Waals surface area (Å²) in [7, 11) is -3.15. The molecule has 15 heavy (non-hydrogen) atoms. The highest BCUT2D eigenvalue weighted by Crippen LogP contribution is 2.16. The van der Waals surface area contributed by atoms with Crippen LogP contribution >= 0.6 is 0 Å². The second-order valence-corrected chi connectivity index (χ2v) is 5.89. The molecular weight excluding hydrogens is 210 g/mol. The lowest BCUT2D eigenvalue weighted by Crippen LogP contribution is -2.11. The molecule has 0 heterocycles. The quantitative estimate of drug-likeness (QED) is 0.846. The Balaban J connectivity index is 3.04. The van der Waals surface area contributed by atoms with Gasteiger partial charge in [0.2, 0.25) is 0 Å². The molecule has 0 spiro atoms. The molecule has 0 bridgehead atoms. The van der Waals surface area contributed by atoms with Crippen molar-refractivity contribution in [2.24, 2.45) is 5.73 Å². The lowest BCUT2D eigenvalue weighted by atomic mass is 10.2. The smallest absolute Gasteiger partial charge is 0.178 e. The summed E-state index contributed by atoms with van der Waals surface area (Å²) in [6.07, 6.45) is 0.509. The average Bonchev–Trinajstić information content (AvgIpc) is 2.13. The first kappa shape index (κ1) is 12.2. The van der Waals surface area contributed by atoms with Crippen LogP contribution in [0.15, 0.2) is 23.1 Å². The van der Waals surface area contributed by atoms with E-state index in [-0.39, 0.29) is 5.75 Å². The summed E-state index contributed by atoms with van der Waals surface area (Å²) in [4.78, 5) is 0.411. The van der Waals surface area contributed by atoms with E-state index < -0.39 is 9.84 Å². The van der Waals surface area contributed by atoms with Crippen LogP contribution in [0.3, 0.4) is 0 Å². The van der Waals surface area contributed by atoms with Crippen molar-refractivity contribution >= 4 is 9.84 Å². The minimum atomic E-state index is -3.15. The van der Waals surface area contributed by atoms with Crippen LogP contribution < -0.4 is 5.73 Å². The molecule has 1 rings (SSSR count). The molecule has 0 aliphatic carbocycles. The Bertz CT molecular complexity index is 418. The van der Waals surface area contributed by atoms with Crippen LogP contribution in [0.2, 0.25) is 0 Å². The van der Waals surface area contributed by atoms with Gasteiger partial charge in [0.25, 0.3) is 0 Å². The van der Waals surface area contributed by atoms with E-state index in [2.05, 4.69) is 0 Å². The largest absolute Gasteiger partial charge is 0.330 e. The third kappa shape index (κ3) is 3.32. The zero-order valence-electron chi connectivity index (χ0n) is 9.16. The monoisotopic (exact) mass is 227 g/mol. The Morgan fingerprint density at radius 1 is 1.13 bits per heavy atom. The van der Waals surface area contributed by atoms with Crippen LogP contribution in [0, 0.1) is 13.8 Å². The summed E-state index contributed by atoms with van der Waals surface area (Å²) >= 11 is 0. The fraction of sp³-hybridized carbons (Fsp3) is 0.455. The maximum Gasteiger partial charge on any atom is 0.178 e. The van der Waals surface area contributed by atoms with Gasteiger partial charge in [0, 0.05) is 0 Å². The molecule has 0 amide bonds. The first-order chi connectivity index (χ1) is 6.95. The summed E-state index contributed by atoms with van der Waals surface area (Å²) in [5.41, 5.74) is 7.26. The van der Waals surface area contributed by atoms with E-state index in [0.29, 0.717) is 17.9 Å². The fourth-order valence-electron chi connectivity index (χ4n) is 1.50. The van der Waals surface area contributed by atoms with E-state index in [1.807, 2.05) is 19.9 Å². The van der Waals surface area contributed by atoms with Gasteiger partial charge in [-0.05, 0) is 50.1 Å². The predicted molar refractivity (Wildman–Crippen MR) is 61.6 cm³/mol. The van der Waals surface area contributed by atoms with Gasteiger partial charge in [-0.25, -0.2) is 8.42 Å². The second-order valence-electron chi connectivity index (χ2n) is 3.78. The highest BCUT2D eigenvalue weighted by atomic mass is 32.2. The summed E-state index contributed by atoms with van der Waals surface area (Å²) < 4.78 is 23.7. The van der Waals surface area contributed by atoms with Crippen LogP contribution in [0.1, 0.15) is 17.5 Å². The molecule has 0 fully saturated rings. The lowest BCUT2D eigenvalue weighted by Gasteiger charge is -2.06. The van der Waals surface area contributed by atoms with Gasteiger partial charge in [0.05, 0.1) is 10.6 Å². The SMILES string of the molecule is Cc1cc(C)cc(S(=O)(=O)CCCN)c1. The molecule has 0 saturated carbocycles. The third-order valence-corrected chi connectivity index (χ3v) is 3.95. The highest BCUT2D eigenvalue weighted by molar-refractivity contribution is 7.91. The molecule has 3 nitrogen and oxygen atoms in total. The average molecular weight is 227 g/mol. The lowest BCUT2D eigenvalue weighted by molar-refractivity contribution is 0.593. The molecule has 0 atom stereocenters.